The highest BCUT2D eigenvalue weighted by Crippen LogP contribution is 2.39. The van der Waals surface area contributed by atoms with Gasteiger partial charge < -0.3 is 9.67 Å². The molecule has 28 heavy (non-hydrogen) atoms. The number of carbonyl (C=O) groups is 1. The molecule has 140 valence electrons. The largest absolute Gasteiger partial charge is 0.465 e. The highest BCUT2D eigenvalue weighted by atomic mass is 79.9. The number of fused-ring (bicyclic) bond motifs is 1. The van der Waals surface area contributed by atoms with Crippen molar-refractivity contribution in [2.45, 2.75) is 16.3 Å². The van der Waals surface area contributed by atoms with Gasteiger partial charge in [-0.3, -0.25) is 10.3 Å². The molecule has 4 aromatic rings. The zero-order chi connectivity index (χ0) is 19.5. The number of nitrogens with one attached hydrogen (secondary N) is 1. The molecule has 0 unspecified atom stereocenters. The normalized spacial score (nSPS) is 10.9. The summed E-state index contributed by atoms with van der Waals surface area (Å²) in [6.07, 6.45) is 2.79. The standard InChI is InChI=1S/C21H16BrN3O2S/c22-17-6-1-2-7-19(17)28-20-13-25(12-15-5-3-4-10-23-15)18-11-14(24-21(26)27)8-9-16(18)20/h1-11,13,24H,12H2,(H,26,27). The van der Waals surface area contributed by atoms with Crippen molar-refractivity contribution in [3.8, 4) is 0 Å². The summed E-state index contributed by atoms with van der Waals surface area (Å²) in [6, 6.07) is 19.5. The van der Waals surface area contributed by atoms with Crippen LogP contribution < -0.4 is 5.32 Å². The van der Waals surface area contributed by atoms with Gasteiger partial charge in [-0.1, -0.05) is 30.0 Å². The van der Waals surface area contributed by atoms with E-state index in [9.17, 15) is 4.79 Å². The van der Waals surface area contributed by atoms with Gasteiger partial charge in [0.25, 0.3) is 0 Å². The average molecular weight is 454 g/mol. The monoisotopic (exact) mass is 453 g/mol. The minimum atomic E-state index is -1.08. The molecule has 0 fully saturated rings. The number of benzene rings is 2. The number of pyridine rings is 1. The number of halogens is 1. The van der Waals surface area contributed by atoms with E-state index in [1.165, 1.54) is 0 Å². The molecule has 2 heterocycles. The third-order valence-corrected chi connectivity index (χ3v) is 6.29. The Morgan fingerprint density at radius 2 is 1.93 bits per heavy atom. The van der Waals surface area contributed by atoms with Crippen LogP contribution in [0.3, 0.4) is 0 Å². The van der Waals surface area contributed by atoms with Gasteiger partial charge in [-0.05, 0) is 58.4 Å². The predicted molar refractivity (Wildman–Crippen MR) is 115 cm³/mol. The summed E-state index contributed by atoms with van der Waals surface area (Å²) in [7, 11) is 0. The van der Waals surface area contributed by atoms with Gasteiger partial charge in [-0.15, -0.1) is 0 Å². The first-order valence-corrected chi connectivity index (χ1v) is 10.2. The fraction of sp³-hybridized carbons (Fsp3) is 0.0476. The number of rotatable bonds is 5. The zero-order valence-electron chi connectivity index (χ0n) is 14.7. The van der Waals surface area contributed by atoms with Gasteiger partial charge in [-0.25, -0.2) is 4.79 Å². The van der Waals surface area contributed by atoms with Crippen LogP contribution in [-0.4, -0.2) is 20.8 Å². The lowest BCUT2D eigenvalue weighted by Crippen LogP contribution is -2.07. The first-order valence-electron chi connectivity index (χ1n) is 8.55. The highest BCUT2D eigenvalue weighted by Gasteiger charge is 2.13. The maximum atomic E-state index is 11.0. The summed E-state index contributed by atoms with van der Waals surface area (Å²) in [6.45, 7) is 0.602. The minimum absolute atomic E-state index is 0.540. The maximum Gasteiger partial charge on any atom is 0.409 e. The molecule has 0 aliphatic carbocycles. The molecule has 0 radical (unpaired) electrons. The molecule has 0 spiro atoms. The van der Waals surface area contributed by atoms with Crippen LogP contribution in [0.15, 0.2) is 87.3 Å². The summed E-state index contributed by atoms with van der Waals surface area (Å²) in [5.74, 6) is 0. The van der Waals surface area contributed by atoms with E-state index in [0.717, 1.165) is 30.9 Å². The third kappa shape index (κ3) is 4.05. The molecule has 2 aromatic heterocycles. The number of aromatic nitrogens is 2. The van der Waals surface area contributed by atoms with E-state index in [-0.39, 0.29) is 0 Å². The summed E-state index contributed by atoms with van der Waals surface area (Å²) in [5.41, 5.74) is 2.43. The lowest BCUT2D eigenvalue weighted by atomic mass is 10.2. The fourth-order valence-corrected chi connectivity index (χ4v) is 4.52. The first kappa shape index (κ1) is 18.6. The molecule has 0 saturated heterocycles. The van der Waals surface area contributed by atoms with Gasteiger partial charge in [0, 0.05) is 37.7 Å². The molecule has 2 aromatic carbocycles. The molecule has 0 aliphatic heterocycles. The van der Waals surface area contributed by atoms with Crippen LogP contribution in [0, 0.1) is 0 Å². The lowest BCUT2D eigenvalue weighted by molar-refractivity contribution is 0.210. The molecular formula is C21H16BrN3O2S. The highest BCUT2D eigenvalue weighted by molar-refractivity contribution is 9.10. The van der Waals surface area contributed by atoms with Crippen LogP contribution in [0.4, 0.5) is 10.5 Å². The summed E-state index contributed by atoms with van der Waals surface area (Å²) in [5, 5.41) is 12.5. The van der Waals surface area contributed by atoms with Gasteiger partial charge in [0.05, 0.1) is 17.8 Å². The van der Waals surface area contributed by atoms with Crippen molar-refractivity contribution in [3.05, 3.63) is 83.2 Å². The Morgan fingerprint density at radius 3 is 2.68 bits per heavy atom. The van der Waals surface area contributed by atoms with E-state index in [0.29, 0.717) is 12.2 Å². The summed E-state index contributed by atoms with van der Waals surface area (Å²) in [4.78, 5) is 17.7. The van der Waals surface area contributed by atoms with E-state index in [1.54, 1.807) is 24.0 Å². The van der Waals surface area contributed by atoms with Crippen molar-refractivity contribution >= 4 is 50.4 Å². The molecule has 4 rings (SSSR count). The Balaban J connectivity index is 1.79. The van der Waals surface area contributed by atoms with E-state index in [2.05, 4.69) is 43.1 Å². The smallest absolute Gasteiger partial charge is 0.409 e. The maximum absolute atomic E-state index is 11.0. The summed E-state index contributed by atoms with van der Waals surface area (Å²) < 4.78 is 3.14. The van der Waals surface area contributed by atoms with E-state index >= 15 is 0 Å². The molecular weight excluding hydrogens is 438 g/mol. The van der Waals surface area contributed by atoms with Gasteiger partial charge in [0.2, 0.25) is 0 Å². The second-order valence-corrected chi connectivity index (χ2v) is 8.08. The predicted octanol–water partition coefficient (Wildman–Crippen LogP) is 6.09. The van der Waals surface area contributed by atoms with Crippen LogP contribution in [0.5, 0.6) is 0 Å². The third-order valence-electron chi connectivity index (χ3n) is 4.21. The van der Waals surface area contributed by atoms with Crippen LogP contribution >= 0.6 is 27.7 Å². The number of carboxylic acid groups (broad SMARTS) is 1. The van der Waals surface area contributed by atoms with Crippen LogP contribution in [0.2, 0.25) is 0 Å². The summed E-state index contributed by atoms with van der Waals surface area (Å²) >= 11 is 5.27. The molecule has 1 amide bonds. The van der Waals surface area contributed by atoms with Gasteiger partial charge >= 0.3 is 6.09 Å². The second-order valence-electron chi connectivity index (χ2n) is 6.14. The van der Waals surface area contributed by atoms with Crippen molar-refractivity contribution < 1.29 is 9.90 Å². The molecule has 0 aliphatic rings. The van der Waals surface area contributed by atoms with Crippen molar-refractivity contribution in [2.24, 2.45) is 0 Å². The molecule has 0 bridgehead atoms. The molecule has 0 saturated carbocycles. The van der Waals surface area contributed by atoms with Crippen molar-refractivity contribution in [1.29, 1.82) is 0 Å². The van der Waals surface area contributed by atoms with Crippen molar-refractivity contribution in [2.75, 3.05) is 5.32 Å². The van der Waals surface area contributed by atoms with Crippen molar-refractivity contribution in [3.63, 3.8) is 0 Å². The topological polar surface area (TPSA) is 67.2 Å². The number of nitrogens with zero attached hydrogens (tertiary/aromatic N) is 2. The van der Waals surface area contributed by atoms with Crippen LogP contribution in [-0.2, 0) is 6.54 Å². The fourth-order valence-electron chi connectivity index (χ4n) is 2.98. The Hall–Kier alpha value is -2.77. The number of hydrogen-bond acceptors (Lipinski definition) is 3. The van der Waals surface area contributed by atoms with Gasteiger partial charge in [0.1, 0.15) is 0 Å². The average Bonchev–Trinajstić information content (AvgIpc) is 3.01. The molecule has 5 nitrogen and oxygen atoms in total. The van der Waals surface area contributed by atoms with Crippen LogP contribution in [0.25, 0.3) is 10.9 Å². The lowest BCUT2D eigenvalue weighted by Gasteiger charge is -2.06. The Bertz CT molecular complexity index is 1150. The number of anilines is 1. The number of hydrogen-bond donors (Lipinski definition) is 2. The Kier molecular flexibility index (Phi) is 5.36. The Morgan fingerprint density at radius 1 is 1.11 bits per heavy atom. The SMILES string of the molecule is O=C(O)Nc1ccc2c(Sc3ccccc3Br)cn(Cc3ccccn3)c2c1. The Labute approximate surface area is 174 Å². The van der Waals surface area contributed by atoms with Gasteiger partial charge in [-0.2, -0.15) is 0 Å². The van der Waals surface area contributed by atoms with Crippen molar-refractivity contribution in [1.82, 2.24) is 9.55 Å². The first-order chi connectivity index (χ1) is 13.6. The second kappa shape index (κ2) is 8.08. The molecule has 7 heteroatoms. The van der Waals surface area contributed by atoms with Gasteiger partial charge in [0.15, 0.2) is 0 Å². The molecule has 0 atom stereocenters. The van der Waals surface area contributed by atoms with Crippen LogP contribution in [0.1, 0.15) is 5.69 Å². The van der Waals surface area contributed by atoms with E-state index < -0.39 is 6.09 Å². The van der Waals surface area contributed by atoms with E-state index in [4.69, 9.17) is 5.11 Å². The zero-order valence-corrected chi connectivity index (χ0v) is 17.1. The van der Waals surface area contributed by atoms with E-state index in [1.807, 2.05) is 48.5 Å². The minimum Gasteiger partial charge on any atom is -0.465 e. The molecule has 2 N–H and O–H groups in total. The quantitative estimate of drug-likeness (QED) is 0.383. The number of amides is 1.